The van der Waals surface area contributed by atoms with E-state index in [0.29, 0.717) is 33.7 Å². The molecule has 4 aromatic rings. The molecule has 0 aliphatic heterocycles. The number of amides is 2. The van der Waals surface area contributed by atoms with E-state index in [2.05, 4.69) is 20.5 Å². The first-order valence-electron chi connectivity index (χ1n) is 9.03. The molecule has 0 radical (unpaired) electrons. The average molecular weight is 419 g/mol. The number of rotatable bonds is 6. The highest BCUT2D eigenvalue weighted by atomic mass is 32.1. The molecule has 0 atom stereocenters. The number of aromatic nitrogens is 3. The Hall–Kier alpha value is -3.85. The molecule has 0 aliphatic rings. The van der Waals surface area contributed by atoms with Crippen LogP contribution in [-0.2, 0) is 11.2 Å². The largest absolute Gasteiger partial charge is 0.416 e. The average Bonchev–Trinajstić information content (AvgIpc) is 3.38. The predicted molar refractivity (Wildman–Crippen MR) is 113 cm³/mol. The third-order valence-corrected chi connectivity index (χ3v) is 5.13. The molecule has 0 fully saturated rings. The number of hydrogen-bond donors (Lipinski definition) is 2. The summed E-state index contributed by atoms with van der Waals surface area (Å²) >= 11 is 1.23. The smallest absolute Gasteiger partial charge is 0.257 e. The van der Waals surface area contributed by atoms with Crippen molar-refractivity contribution in [1.82, 2.24) is 15.2 Å². The lowest BCUT2D eigenvalue weighted by Gasteiger charge is -2.02. The second-order valence-corrected chi connectivity index (χ2v) is 7.40. The fourth-order valence-corrected chi connectivity index (χ4v) is 3.52. The van der Waals surface area contributed by atoms with E-state index in [9.17, 15) is 9.59 Å². The van der Waals surface area contributed by atoms with Gasteiger partial charge >= 0.3 is 0 Å². The highest BCUT2D eigenvalue weighted by molar-refractivity contribution is 7.14. The second-order valence-electron chi connectivity index (χ2n) is 6.55. The van der Waals surface area contributed by atoms with E-state index >= 15 is 0 Å². The van der Waals surface area contributed by atoms with E-state index in [-0.39, 0.29) is 12.3 Å². The van der Waals surface area contributed by atoms with Crippen molar-refractivity contribution in [3.8, 4) is 22.9 Å². The Balaban J connectivity index is 1.46. The molecule has 2 aromatic carbocycles. The molecule has 0 saturated heterocycles. The fourth-order valence-electron chi connectivity index (χ4n) is 2.82. The SMILES string of the molecule is Cc1ccccc1-c1nnc(-c2ccc(C(=O)Nc3nc(CC(N)=O)cs3)cc2)o1. The number of nitrogens with two attached hydrogens (primary N) is 1. The number of hydrogen-bond acceptors (Lipinski definition) is 7. The Morgan fingerprint density at radius 2 is 1.80 bits per heavy atom. The van der Waals surface area contributed by atoms with Gasteiger partial charge in [-0.3, -0.25) is 14.9 Å². The Bertz CT molecular complexity index is 1210. The van der Waals surface area contributed by atoms with Gasteiger partial charge in [0.1, 0.15) is 0 Å². The van der Waals surface area contributed by atoms with Crippen LogP contribution in [0.25, 0.3) is 22.9 Å². The van der Waals surface area contributed by atoms with Crippen LogP contribution in [0.4, 0.5) is 5.13 Å². The summed E-state index contributed by atoms with van der Waals surface area (Å²) in [6.07, 6.45) is 0.0374. The maximum Gasteiger partial charge on any atom is 0.257 e. The number of aryl methyl sites for hydroxylation is 1. The standard InChI is InChI=1S/C21H17N5O3S/c1-12-4-2-3-5-16(12)20-26-25-19(29-20)14-8-6-13(7-9-14)18(28)24-21-23-15(11-30-21)10-17(22)27/h2-9,11H,10H2,1H3,(H2,22,27)(H,23,24,28). The normalized spacial score (nSPS) is 10.7. The fraction of sp³-hybridized carbons (Fsp3) is 0.0952. The van der Waals surface area contributed by atoms with Crippen LogP contribution in [0.5, 0.6) is 0 Å². The summed E-state index contributed by atoms with van der Waals surface area (Å²) in [6, 6.07) is 14.6. The quantitative estimate of drug-likeness (QED) is 0.493. The molecular weight excluding hydrogens is 402 g/mol. The monoisotopic (exact) mass is 419 g/mol. The van der Waals surface area contributed by atoms with Crippen LogP contribution in [-0.4, -0.2) is 27.0 Å². The lowest BCUT2D eigenvalue weighted by molar-refractivity contribution is -0.117. The summed E-state index contributed by atoms with van der Waals surface area (Å²) in [6.45, 7) is 1.98. The van der Waals surface area contributed by atoms with E-state index in [0.717, 1.165) is 11.1 Å². The number of carbonyl (C=O) groups is 2. The van der Waals surface area contributed by atoms with Crippen molar-refractivity contribution < 1.29 is 14.0 Å². The number of nitrogens with one attached hydrogen (secondary N) is 1. The third-order valence-electron chi connectivity index (χ3n) is 4.32. The molecule has 8 nitrogen and oxygen atoms in total. The first kappa shape index (κ1) is 19.5. The number of carbonyl (C=O) groups excluding carboxylic acids is 2. The first-order valence-corrected chi connectivity index (χ1v) is 9.91. The number of thiazole rings is 1. The zero-order valence-electron chi connectivity index (χ0n) is 16.0. The third kappa shape index (κ3) is 4.26. The van der Waals surface area contributed by atoms with E-state index in [1.54, 1.807) is 29.6 Å². The summed E-state index contributed by atoms with van der Waals surface area (Å²) in [4.78, 5) is 27.6. The van der Waals surface area contributed by atoms with Crippen LogP contribution in [0, 0.1) is 6.92 Å². The van der Waals surface area contributed by atoms with Crippen molar-refractivity contribution in [2.45, 2.75) is 13.3 Å². The minimum Gasteiger partial charge on any atom is -0.416 e. The summed E-state index contributed by atoms with van der Waals surface area (Å²) < 4.78 is 5.80. The van der Waals surface area contributed by atoms with Crippen LogP contribution in [0.2, 0.25) is 0 Å². The van der Waals surface area contributed by atoms with Gasteiger partial charge in [-0.25, -0.2) is 4.98 Å². The van der Waals surface area contributed by atoms with Gasteiger partial charge < -0.3 is 10.2 Å². The second kappa shape index (κ2) is 8.26. The van der Waals surface area contributed by atoms with Crippen molar-refractivity contribution in [2.24, 2.45) is 5.73 Å². The Kier molecular flexibility index (Phi) is 5.36. The van der Waals surface area contributed by atoms with E-state index in [4.69, 9.17) is 10.2 Å². The van der Waals surface area contributed by atoms with Crippen molar-refractivity contribution in [3.05, 3.63) is 70.7 Å². The molecule has 0 spiro atoms. The van der Waals surface area contributed by atoms with E-state index < -0.39 is 5.91 Å². The molecule has 3 N–H and O–H groups in total. The van der Waals surface area contributed by atoms with Gasteiger partial charge in [-0.15, -0.1) is 21.5 Å². The molecule has 0 saturated carbocycles. The van der Waals surface area contributed by atoms with Gasteiger partial charge in [0.15, 0.2) is 5.13 Å². The molecule has 30 heavy (non-hydrogen) atoms. The first-order chi connectivity index (χ1) is 14.5. The highest BCUT2D eigenvalue weighted by Gasteiger charge is 2.14. The molecule has 0 unspecified atom stereocenters. The molecule has 0 bridgehead atoms. The summed E-state index contributed by atoms with van der Waals surface area (Å²) in [5.41, 5.74) is 8.76. The number of benzene rings is 2. The van der Waals surface area contributed by atoms with Gasteiger partial charge in [-0.1, -0.05) is 18.2 Å². The minimum absolute atomic E-state index is 0.0374. The Morgan fingerprint density at radius 1 is 1.07 bits per heavy atom. The van der Waals surface area contributed by atoms with Gasteiger partial charge in [-0.05, 0) is 42.8 Å². The Labute approximate surface area is 175 Å². The summed E-state index contributed by atoms with van der Waals surface area (Å²) in [5.74, 6) is 0.0321. The zero-order chi connectivity index (χ0) is 21.1. The van der Waals surface area contributed by atoms with Gasteiger partial charge in [0.05, 0.1) is 12.1 Å². The maximum atomic E-state index is 12.4. The van der Waals surface area contributed by atoms with Crippen molar-refractivity contribution >= 4 is 28.3 Å². The van der Waals surface area contributed by atoms with Crippen molar-refractivity contribution in [1.29, 1.82) is 0 Å². The highest BCUT2D eigenvalue weighted by Crippen LogP contribution is 2.26. The van der Waals surface area contributed by atoms with Crippen LogP contribution in [0.15, 0.2) is 58.3 Å². The summed E-state index contributed by atoms with van der Waals surface area (Å²) in [7, 11) is 0. The van der Waals surface area contributed by atoms with E-state index in [1.807, 2.05) is 31.2 Å². The molecule has 0 aliphatic carbocycles. The number of anilines is 1. The van der Waals surface area contributed by atoms with Gasteiger partial charge in [0.25, 0.3) is 5.91 Å². The van der Waals surface area contributed by atoms with Gasteiger partial charge in [0, 0.05) is 22.1 Å². The Morgan fingerprint density at radius 3 is 2.53 bits per heavy atom. The minimum atomic E-state index is -0.472. The van der Waals surface area contributed by atoms with E-state index in [1.165, 1.54) is 11.3 Å². The lowest BCUT2D eigenvalue weighted by Crippen LogP contribution is -2.14. The topological polar surface area (TPSA) is 124 Å². The molecule has 2 amide bonds. The molecular formula is C21H17N5O3S. The van der Waals surface area contributed by atoms with Gasteiger partial charge in [-0.2, -0.15) is 0 Å². The molecule has 2 aromatic heterocycles. The zero-order valence-corrected chi connectivity index (χ0v) is 16.8. The van der Waals surface area contributed by atoms with Crippen LogP contribution >= 0.6 is 11.3 Å². The number of nitrogens with zero attached hydrogens (tertiary/aromatic N) is 3. The molecule has 2 heterocycles. The molecule has 4 rings (SSSR count). The van der Waals surface area contributed by atoms with Crippen LogP contribution in [0.1, 0.15) is 21.6 Å². The predicted octanol–water partition coefficient (Wildman–Crippen LogP) is 3.45. The molecule has 9 heteroatoms. The van der Waals surface area contributed by atoms with Crippen molar-refractivity contribution in [2.75, 3.05) is 5.32 Å². The van der Waals surface area contributed by atoms with Gasteiger partial charge in [0.2, 0.25) is 17.7 Å². The summed E-state index contributed by atoms with van der Waals surface area (Å²) in [5, 5.41) is 13.0. The van der Waals surface area contributed by atoms with Crippen LogP contribution in [0.3, 0.4) is 0 Å². The lowest BCUT2D eigenvalue weighted by atomic mass is 10.1. The van der Waals surface area contributed by atoms with Crippen molar-refractivity contribution in [3.63, 3.8) is 0 Å². The number of primary amides is 1. The molecule has 150 valence electrons. The maximum absolute atomic E-state index is 12.4. The van der Waals surface area contributed by atoms with Crippen LogP contribution < -0.4 is 11.1 Å².